The summed E-state index contributed by atoms with van der Waals surface area (Å²) in [5.74, 6) is 0. The van der Waals surface area contributed by atoms with Crippen LogP contribution in [0.1, 0.15) is 162 Å². The maximum atomic E-state index is 12.5. The van der Waals surface area contributed by atoms with Crippen molar-refractivity contribution < 1.29 is 50.9 Å². The Labute approximate surface area is 295 Å². The number of sulfonamides is 1. The molecule has 1 unspecified atom stereocenters. The third kappa shape index (κ3) is 19.6. The van der Waals surface area contributed by atoms with Crippen LogP contribution in [0.15, 0.2) is 29.2 Å². The summed E-state index contributed by atoms with van der Waals surface area (Å²) >= 11 is 0. The summed E-state index contributed by atoms with van der Waals surface area (Å²) in [7, 11) is -7.69. The van der Waals surface area contributed by atoms with Crippen LogP contribution in [0, 0.1) is 0 Å². The second kappa shape index (κ2) is 27.0. The molecule has 1 aromatic carbocycles. The Morgan fingerprint density at radius 1 is 0.636 bits per heavy atom. The molecule has 0 aliphatic rings. The molecule has 0 aromatic heterocycles. The van der Waals surface area contributed by atoms with Gasteiger partial charge in [0.2, 0.25) is 10.0 Å². The minimum Gasteiger partial charge on any atom is -0.747 e. The van der Waals surface area contributed by atoms with E-state index in [0.717, 1.165) is 6.42 Å². The first-order valence-electron chi connectivity index (χ1n) is 17.3. The van der Waals surface area contributed by atoms with E-state index in [-0.39, 0.29) is 42.4 Å². The second-order valence-corrected chi connectivity index (χ2v) is 15.6. The number of nitrogens with two attached hydrogens (primary N) is 1. The monoisotopic (exact) mass is 668 g/mol. The number of hydrogen-bond donors (Lipinski definition) is 1. The normalized spacial score (nSPS) is 13.2. The van der Waals surface area contributed by atoms with Gasteiger partial charge in [0, 0.05) is 13.1 Å². The van der Waals surface area contributed by atoms with Gasteiger partial charge >= 0.3 is 29.6 Å². The van der Waals surface area contributed by atoms with Crippen molar-refractivity contribution >= 4 is 20.1 Å². The molecule has 2 N–H and O–H groups in total. The summed E-state index contributed by atoms with van der Waals surface area (Å²) in [6, 6.07) is 7.52. The van der Waals surface area contributed by atoms with Gasteiger partial charge in [-0.1, -0.05) is 149 Å². The standard InChI is InChI=1S/C28H51NO2S.C6H15NO3S.Na/c1-4-7-8-9-10-11-12-13-14-15-16-17-18-19-20-21-22-27-23-25-28(26-24-27)32(30,31)29(5-2)6-3;1-3-5-6(7,4-2)11(8,9)10;/h23-26H,4-22H2,1-3H3;3-5,7H2,1-2H3,(H,8,9,10);/q;;+1/p-1. The number of nitrogens with zero attached hydrogens (tertiary/aromatic N) is 1. The first kappa shape index (κ1) is 46.1. The Morgan fingerprint density at radius 2 is 1.02 bits per heavy atom. The Morgan fingerprint density at radius 3 is 1.32 bits per heavy atom. The fourth-order valence-corrected chi connectivity index (χ4v) is 7.59. The van der Waals surface area contributed by atoms with Gasteiger partial charge < -0.3 is 10.3 Å². The Hall–Kier alpha value is 0. The molecule has 10 heteroatoms. The molecular weight excluding hydrogens is 604 g/mol. The molecule has 0 aliphatic heterocycles. The number of unbranched alkanes of at least 4 members (excludes halogenated alkanes) is 15. The summed E-state index contributed by atoms with van der Waals surface area (Å²) in [5.41, 5.74) is 6.63. The van der Waals surface area contributed by atoms with Gasteiger partial charge in [0.15, 0.2) is 0 Å². The molecule has 7 nitrogen and oxygen atoms in total. The largest absolute Gasteiger partial charge is 1.00 e. The Balaban J connectivity index is 0. The van der Waals surface area contributed by atoms with Gasteiger partial charge in [-0.2, -0.15) is 4.31 Å². The molecule has 254 valence electrons. The van der Waals surface area contributed by atoms with E-state index in [0.29, 0.717) is 24.4 Å². The van der Waals surface area contributed by atoms with Crippen molar-refractivity contribution in [2.24, 2.45) is 5.73 Å². The summed E-state index contributed by atoms with van der Waals surface area (Å²) in [6.45, 7) is 10.5. The van der Waals surface area contributed by atoms with Crippen molar-refractivity contribution in [2.75, 3.05) is 13.1 Å². The SMILES string of the molecule is CCCC(N)(CC)S(=O)(=O)[O-].CCCCCCCCCCCCCCCCCCc1ccc(S(=O)(=O)N(CC)CC)cc1.[Na+]. The van der Waals surface area contributed by atoms with E-state index in [1.807, 2.05) is 26.0 Å². The summed E-state index contributed by atoms with van der Waals surface area (Å²) in [4.78, 5) is -1.14. The van der Waals surface area contributed by atoms with Crippen LogP contribution in [0.2, 0.25) is 0 Å². The van der Waals surface area contributed by atoms with E-state index in [2.05, 4.69) is 6.92 Å². The Bertz CT molecular complexity index is 1020. The van der Waals surface area contributed by atoms with Crippen LogP contribution in [0.3, 0.4) is 0 Å². The average molecular weight is 669 g/mol. The molecule has 0 amide bonds. The maximum Gasteiger partial charge on any atom is 1.00 e. The molecule has 0 heterocycles. The van der Waals surface area contributed by atoms with Crippen molar-refractivity contribution in [2.45, 2.75) is 173 Å². The molecule has 0 saturated carbocycles. The van der Waals surface area contributed by atoms with Crippen LogP contribution in [0.25, 0.3) is 0 Å². The van der Waals surface area contributed by atoms with E-state index < -0.39 is 25.0 Å². The second-order valence-electron chi connectivity index (χ2n) is 11.9. The van der Waals surface area contributed by atoms with Crippen molar-refractivity contribution in [3.63, 3.8) is 0 Å². The van der Waals surface area contributed by atoms with Crippen LogP contribution in [0.5, 0.6) is 0 Å². The van der Waals surface area contributed by atoms with Gasteiger partial charge in [0.25, 0.3) is 0 Å². The minimum absolute atomic E-state index is 0. The molecule has 1 aromatic rings. The molecule has 0 spiro atoms. The van der Waals surface area contributed by atoms with Gasteiger partial charge in [-0.05, 0) is 43.4 Å². The number of aryl methyl sites for hydroxylation is 1. The quantitative estimate of drug-likeness (QED) is 0.0785. The molecule has 1 rings (SSSR count). The predicted octanol–water partition coefficient (Wildman–Crippen LogP) is 5.92. The molecule has 1 atom stereocenters. The average Bonchev–Trinajstić information content (AvgIpc) is 2.97. The van der Waals surface area contributed by atoms with Gasteiger partial charge in [0.05, 0.1) is 4.90 Å². The number of rotatable bonds is 25. The van der Waals surface area contributed by atoms with E-state index in [4.69, 9.17) is 5.73 Å². The van der Waals surface area contributed by atoms with Crippen LogP contribution >= 0.6 is 0 Å². The van der Waals surface area contributed by atoms with Crippen LogP contribution < -0.4 is 35.3 Å². The molecular formula is C34H65N2NaO5S2. The zero-order valence-corrected chi connectivity index (χ0v) is 32.9. The van der Waals surface area contributed by atoms with E-state index in [1.54, 1.807) is 26.0 Å². The van der Waals surface area contributed by atoms with Crippen molar-refractivity contribution in [3.05, 3.63) is 29.8 Å². The van der Waals surface area contributed by atoms with Crippen LogP contribution in [-0.4, -0.2) is 43.7 Å². The van der Waals surface area contributed by atoms with E-state index in [1.165, 1.54) is 113 Å². The van der Waals surface area contributed by atoms with E-state index >= 15 is 0 Å². The third-order valence-electron chi connectivity index (χ3n) is 8.36. The first-order valence-corrected chi connectivity index (χ1v) is 20.1. The van der Waals surface area contributed by atoms with E-state index in [9.17, 15) is 21.4 Å². The smallest absolute Gasteiger partial charge is 0.747 e. The zero-order valence-electron chi connectivity index (χ0n) is 29.2. The van der Waals surface area contributed by atoms with Crippen LogP contribution in [-0.2, 0) is 26.6 Å². The van der Waals surface area contributed by atoms with Gasteiger partial charge in [-0.15, -0.1) is 0 Å². The third-order valence-corrected chi connectivity index (χ3v) is 11.9. The fourth-order valence-electron chi connectivity index (χ4n) is 5.32. The molecule has 0 aliphatic carbocycles. The number of hydrogen-bond acceptors (Lipinski definition) is 6. The van der Waals surface area contributed by atoms with Gasteiger partial charge in [-0.25, -0.2) is 16.8 Å². The topological polar surface area (TPSA) is 121 Å². The maximum absolute atomic E-state index is 12.5. The molecule has 0 saturated heterocycles. The van der Waals surface area contributed by atoms with Crippen molar-refractivity contribution in [1.29, 1.82) is 0 Å². The zero-order chi connectivity index (χ0) is 32.6. The summed E-state index contributed by atoms with van der Waals surface area (Å²) in [6.07, 6.45) is 24.2. The predicted molar refractivity (Wildman–Crippen MR) is 182 cm³/mol. The minimum atomic E-state index is -4.35. The summed E-state index contributed by atoms with van der Waals surface area (Å²) in [5, 5.41) is 0. The van der Waals surface area contributed by atoms with Crippen molar-refractivity contribution in [1.82, 2.24) is 4.31 Å². The first-order chi connectivity index (χ1) is 20.4. The van der Waals surface area contributed by atoms with Crippen molar-refractivity contribution in [3.8, 4) is 0 Å². The Kier molecular flexibility index (Phi) is 28.3. The molecule has 0 radical (unpaired) electrons. The molecule has 0 fully saturated rings. The van der Waals surface area contributed by atoms with Gasteiger partial charge in [0.1, 0.15) is 15.0 Å². The summed E-state index contributed by atoms with van der Waals surface area (Å²) < 4.78 is 58.4. The number of benzene rings is 1. The fraction of sp³-hybridized carbons (Fsp3) is 0.824. The van der Waals surface area contributed by atoms with Crippen LogP contribution in [0.4, 0.5) is 0 Å². The molecule has 44 heavy (non-hydrogen) atoms. The van der Waals surface area contributed by atoms with Gasteiger partial charge in [-0.3, -0.25) is 0 Å². The molecule has 0 bridgehead atoms.